The van der Waals surface area contributed by atoms with Gasteiger partial charge in [0.15, 0.2) is 11.5 Å². The number of benzene rings is 2. The fourth-order valence-corrected chi connectivity index (χ4v) is 2.38. The number of alkyl halides is 2. The topological polar surface area (TPSA) is 64.7 Å². The summed E-state index contributed by atoms with van der Waals surface area (Å²) >= 11 is 0. The number of aliphatic hydroxyl groups is 1. The Morgan fingerprint density at radius 2 is 1.73 bits per heavy atom. The Morgan fingerprint density at radius 1 is 1.05 bits per heavy atom. The number of aliphatic hydroxyl groups excluding tert-OH is 1. The maximum Gasteiger partial charge on any atom is 0.586 e. The zero-order valence-electron chi connectivity index (χ0n) is 11.6. The summed E-state index contributed by atoms with van der Waals surface area (Å²) in [6.45, 7) is 0. The molecule has 0 fully saturated rings. The molecular weight excluding hydrogens is 292 g/mol. The summed E-state index contributed by atoms with van der Waals surface area (Å²) in [5.41, 5.74) is 7.46. The molecule has 22 heavy (non-hydrogen) atoms. The maximum atomic E-state index is 13.0. The molecule has 1 aliphatic heterocycles. The van der Waals surface area contributed by atoms with Crippen molar-refractivity contribution in [2.75, 3.05) is 0 Å². The zero-order valence-corrected chi connectivity index (χ0v) is 11.6. The lowest BCUT2D eigenvalue weighted by Gasteiger charge is -2.19. The van der Waals surface area contributed by atoms with Crippen molar-refractivity contribution < 1.29 is 23.4 Å². The highest BCUT2D eigenvalue weighted by atomic mass is 19.3. The van der Waals surface area contributed by atoms with E-state index in [9.17, 15) is 13.9 Å². The van der Waals surface area contributed by atoms with E-state index in [0.717, 1.165) is 5.56 Å². The molecule has 1 aliphatic rings. The van der Waals surface area contributed by atoms with E-state index in [0.29, 0.717) is 12.0 Å². The molecular formula is C16H15F2NO3. The lowest BCUT2D eigenvalue weighted by atomic mass is 9.96. The predicted molar refractivity (Wildman–Crippen MR) is 75.7 cm³/mol. The van der Waals surface area contributed by atoms with E-state index in [-0.39, 0.29) is 11.5 Å². The van der Waals surface area contributed by atoms with Gasteiger partial charge in [-0.1, -0.05) is 36.4 Å². The Bertz CT molecular complexity index is 664. The standard InChI is InChI=1S/C16H15F2NO3/c17-16(18)21-13-7-6-11(9-14(13)22-16)15(19)12(20)8-10-4-2-1-3-5-10/h1-7,9,12,15,20H,8,19H2/t12-,15+/m1/s1. The number of rotatable bonds is 4. The Morgan fingerprint density at radius 3 is 2.45 bits per heavy atom. The van der Waals surface area contributed by atoms with Crippen LogP contribution in [0.5, 0.6) is 11.5 Å². The summed E-state index contributed by atoms with van der Waals surface area (Å²) in [7, 11) is 0. The molecule has 2 aromatic carbocycles. The third-order valence-electron chi connectivity index (χ3n) is 3.51. The number of ether oxygens (including phenoxy) is 2. The van der Waals surface area contributed by atoms with Crippen molar-refractivity contribution in [1.82, 2.24) is 0 Å². The van der Waals surface area contributed by atoms with Gasteiger partial charge < -0.3 is 20.3 Å². The van der Waals surface area contributed by atoms with Gasteiger partial charge >= 0.3 is 6.29 Å². The molecule has 0 amide bonds. The molecule has 4 nitrogen and oxygen atoms in total. The Kier molecular flexibility index (Phi) is 3.72. The number of halogens is 2. The highest BCUT2D eigenvalue weighted by Gasteiger charge is 2.43. The molecule has 6 heteroatoms. The first kappa shape index (κ1) is 14.7. The SMILES string of the molecule is N[C@@H](c1ccc2c(c1)OC(F)(F)O2)[C@H](O)Cc1ccccc1. The quantitative estimate of drug-likeness (QED) is 0.911. The molecule has 0 unspecified atom stereocenters. The molecule has 3 rings (SSSR count). The fourth-order valence-electron chi connectivity index (χ4n) is 2.38. The van der Waals surface area contributed by atoms with Gasteiger partial charge in [-0.2, -0.15) is 0 Å². The van der Waals surface area contributed by atoms with Crippen molar-refractivity contribution in [3.63, 3.8) is 0 Å². The molecule has 116 valence electrons. The second-order valence-corrected chi connectivity index (χ2v) is 5.16. The van der Waals surface area contributed by atoms with Gasteiger partial charge in [-0.3, -0.25) is 0 Å². The highest BCUT2D eigenvalue weighted by Crippen LogP contribution is 2.42. The van der Waals surface area contributed by atoms with Crippen LogP contribution < -0.4 is 15.2 Å². The molecule has 0 saturated carbocycles. The van der Waals surface area contributed by atoms with Crippen molar-refractivity contribution in [3.05, 3.63) is 59.7 Å². The summed E-state index contributed by atoms with van der Waals surface area (Å²) in [6, 6.07) is 13.0. The number of fused-ring (bicyclic) bond motifs is 1. The van der Waals surface area contributed by atoms with Crippen LogP contribution in [-0.4, -0.2) is 17.5 Å². The van der Waals surface area contributed by atoms with E-state index in [4.69, 9.17) is 5.73 Å². The third kappa shape index (κ3) is 3.03. The van der Waals surface area contributed by atoms with E-state index >= 15 is 0 Å². The zero-order chi connectivity index (χ0) is 15.7. The predicted octanol–water partition coefficient (Wildman–Crippen LogP) is 2.61. The molecule has 1 heterocycles. The monoisotopic (exact) mass is 307 g/mol. The second kappa shape index (κ2) is 5.55. The molecule has 0 aliphatic carbocycles. The molecule has 0 radical (unpaired) electrons. The van der Waals surface area contributed by atoms with Gasteiger partial charge in [0.25, 0.3) is 0 Å². The Balaban J connectivity index is 1.74. The maximum absolute atomic E-state index is 13.0. The van der Waals surface area contributed by atoms with Gasteiger partial charge in [-0.25, -0.2) is 0 Å². The van der Waals surface area contributed by atoms with Gasteiger partial charge in [0.1, 0.15) is 0 Å². The summed E-state index contributed by atoms with van der Waals surface area (Å²) in [5, 5.41) is 10.2. The van der Waals surface area contributed by atoms with Crippen molar-refractivity contribution in [1.29, 1.82) is 0 Å². The molecule has 0 aromatic heterocycles. The van der Waals surface area contributed by atoms with Gasteiger partial charge in [-0.15, -0.1) is 8.78 Å². The van der Waals surface area contributed by atoms with Crippen molar-refractivity contribution in [2.45, 2.75) is 24.9 Å². The third-order valence-corrected chi connectivity index (χ3v) is 3.51. The average Bonchev–Trinajstić information content (AvgIpc) is 2.80. The Hall–Kier alpha value is -2.18. The normalized spacial score (nSPS) is 18.0. The van der Waals surface area contributed by atoms with Crippen LogP contribution in [-0.2, 0) is 6.42 Å². The van der Waals surface area contributed by atoms with Crippen LogP contribution in [0.2, 0.25) is 0 Å². The van der Waals surface area contributed by atoms with Crippen LogP contribution >= 0.6 is 0 Å². The highest BCUT2D eigenvalue weighted by molar-refractivity contribution is 5.46. The largest absolute Gasteiger partial charge is 0.586 e. The van der Waals surface area contributed by atoms with Gasteiger partial charge in [0.2, 0.25) is 0 Å². The molecule has 0 saturated heterocycles. The molecule has 0 bridgehead atoms. The van der Waals surface area contributed by atoms with E-state index < -0.39 is 18.4 Å². The van der Waals surface area contributed by atoms with E-state index in [1.807, 2.05) is 30.3 Å². The number of nitrogens with two attached hydrogens (primary N) is 1. The summed E-state index contributed by atoms with van der Waals surface area (Å²) < 4.78 is 34.7. The van der Waals surface area contributed by atoms with E-state index in [1.165, 1.54) is 12.1 Å². The summed E-state index contributed by atoms with van der Waals surface area (Å²) in [6.07, 6.45) is -4.14. The van der Waals surface area contributed by atoms with Crippen LogP contribution in [0.4, 0.5) is 8.78 Å². The van der Waals surface area contributed by atoms with Crippen LogP contribution in [0.1, 0.15) is 17.2 Å². The summed E-state index contributed by atoms with van der Waals surface area (Å²) in [5.74, 6) is -0.122. The van der Waals surface area contributed by atoms with Gasteiger partial charge in [0.05, 0.1) is 12.1 Å². The lowest BCUT2D eigenvalue weighted by molar-refractivity contribution is -0.286. The molecule has 2 aromatic rings. The summed E-state index contributed by atoms with van der Waals surface area (Å²) in [4.78, 5) is 0. The van der Waals surface area contributed by atoms with Crippen LogP contribution in [0.25, 0.3) is 0 Å². The van der Waals surface area contributed by atoms with Gasteiger partial charge in [-0.05, 0) is 23.3 Å². The lowest BCUT2D eigenvalue weighted by Crippen LogP contribution is -2.28. The first-order valence-electron chi connectivity index (χ1n) is 6.82. The first-order valence-corrected chi connectivity index (χ1v) is 6.82. The van der Waals surface area contributed by atoms with E-state index in [1.54, 1.807) is 6.07 Å². The minimum Gasteiger partial charge on any atom is -0.395 e. The molecule has 2 atom stereocenters. The number of hydrogen-bond donors (Lipinski definition) is 2. The Labute approximate surface area is 126 Å². The smallest absolute Gasteiger partial charge is 0.395 e. The fraction of sp³-hybridized carbons (Fsp3) is 0.250. The number of hydrogen-bond acceptors (Lipinski definition) is 4. The minimum absolute atomic E-state index is 0.0431. The van der Waals surface area contributed by atoms with Crippen molar-refractivity contribution in [2.24, 2.45) is 5.73 Å². The van der Waals surface area contributed by atoms with Crippen molar-refractivity contribution in [3.8, 4) is 11.5 Å². The minimum atomic E-state index is -3.66. The van der Waals surface area contributed by atoms with Crippen LogP contribution in [0, 0.1) is 0 Å². The van der Waals surface area contributed by atoms with Crippen LogP contribution in [0.3, 0.4) is 0 Å². The molecule has 3 N–H and O–H groups in total. The van der Waals surface area contributed by atoms with Crippen LogP contribution in [0.15, 0.2) is 48.5 Å². The second-order valence-electron chi connectivity index (χ2n) is 5.16. The first-order chi connectivity index (χ1) is 10.4. The van der Waals surface area contributed by atoms with E-state index in [2.05, 4.69) is 9.47 Å². The van der Waals surface area contributed by atoms with Gasteiger partial charge in [0, 0.05) is 6.42 Å². The molecule has 0 spiro atoms. The van der Waals surface area contributed by atoms with Crippen molar-refractivity contribution >= 4 is 0 Å². The average molecular weight is 307 g/mol.